The van der Waals surface area contributed by atoms with Crippen LogP contribution in [0.25, 0.3) is 0 Å². The third-order valence-electron chi connectivity index (χ3n) is 4.63. The summed E-state index contributed by atoms with van der Waals surface area (Å²) >= 11 is 0. The van der Waals surface area contributed by atoms with Crippen LogP contribution in [0.15, 0.2) is 0 Å². The number of hydrogen-bond donors (Lipinski definition) is 4. The van der Waals surface area contributed by atoms with Crippen molar-refractivity contribution in [1.29, 1.82) is 0 Å². The number of amides is 2. The number of ether oxygens (including phenoxy) is 1. The zero-order chi connectivity index (χ0) is 19.7. The number of carbonyl (C=O) groups is 4. The van der Waals surface area contributed by atoms with Crippen LogP contribution in [-0.4, -0.2) is 53.6 Å². The number of hydrogen-bond acceptors (Lipinski definition) is 6. The molecule has 2 amide bonds. The van der Waals surface area contributed by atoms with E-state index in [1.54, 1.807) is 0 Å². The SMILES string of the molecule is COC(=O)C1(NC(=O)[C@H](C)NC(=O)[C@@H](N)CC(=O)O)CCCCCCC1. The van der Waals surface area contributed by atoms with Gasteiger partial charge < -0.3 is 26.2 Å². The van der Waals surface area contributed by atoms with Crippen molar-refractivity contribution >= 4 is 23.8 Å². The Kier molecular flexibility index (Phi) is 8.50. The van der Waals surface area contributed by atoms with Crippen LogP contribution in [0, 0.1) is 0 Å². The monoisotopic (exact) mass is 371 g/mol. The number of rotatable bonds is 7. The van der Waals surface area contributed by atoms with E-state index in [-0.39, 0.29) is 0 Å². The van der Waals surface area contributed by atoms with Crippen LogP contribution in [0.5, 0.6) is 0 Å². The van der Waals surface area contributed by atoms with Gasteiger partial charge in [0.2, 0.25) is 11.8 Å². The predicted octanol–water partition coefficient (Wildman–Crippen LogP) is 0.0654. The van der Waals surface area contributed by atoms with Gasteiger partial charge in [0.1, 0.15) is 11.6 Å². The molecule has 0 radical (unpaired) electrons. The quantitative estimate of drug-likeness (QED) is 0.463. The third-order valence-corrected chi connectivity index (χ3v) is 4.63. The summed E-state index contributed by atoms with van der Waals surface area (Å²) in [7, 11) is 1.28. The summed E-state index contributed by atoms with van der Waals surface area (Å²) in [5.74, 6) is -2.97. The van der Waals surface area contributed by atoms with Crippen molar-refractivity contribution in [3.63, 3.8) is 0 Å². The summed E-state index contributed by atoms with van der Waals surface area (Å²) in [6.45, 7) is 1.45. The van der Waals surface area contributed by atoms with Crippen LogP contribution in [0.2, 0.25) is 0 Å². The number of esters is 1. The van der Waals surface area contributed by atoms with E-state index in [0.29, 0.717) is 12.8 Å². The maximum Gasteiger partial charge on any atom is 0.331 e. The fraction of sp³-hybridized carbons (Fsp3) is 0.765. The molecule has 1 fully saturated rings. The minimum absolute atomic E-state index is 0.477. The molecule has 0 aromatic heterocycles. The molecule has 2 atom stereocenters. The Morgan fingerprint density at radius 1 is 1.08 bits per heavy atom. The zero-order valence-electron chi connectivity index (χ0n) is 15.4. The van der Waals surface area contributed by atoms with Crippen molar-refractivity contribution in [2.45, 2.75) is 75.9 Å². The van der Waals surface area contributed by atoms with Crippen LogP contribution in [0.3, 0.4) is 0 Å². The Balaban J connectivity index is 2.77. The molecule has 1 aliphatic rings. The van der Waals surface area contributed by atoms with Crippen molar-refractivity contribution in [2.24, 2.45) is 5.73 Å². The highest BCUT2D eigenvalue weighted by Crippen LogP contribution is 2.27. The van der Waals surface area contributed by atoms with Gasteiger partial charge in [-0.05, 0) is 19.8 Å². The number of nitrogens with one attached hydrogen (secondary N) is 2. The highest BCUT2D eigenvalue weighted by Gasteiger charge is 2.41. The van der Waals surface area contributed by atoms with E-state index < -0.39 is 47.8 Å². The molecule has 0 spiro atoms. The fourth-order valence-corrected chi connectivity index (χ4v) is 3.10. The molecule has 5 N–H and O–H groups in total. The number of carboxylic acid groups (broad SMARTS) is 1. The Bertz CT molecular complexity index is 529. The first kappa shape index (κ1) is 21.9. The van der Waals surface area contributed by atoms with E-state index >= 15 is 0 Å². The molecule has 9 nitrogen and oxygen atoms in total. The lowest BCUT2D eigenvalue weighted by atomic mass is 9.83. The molecule has 26 heavy (non-hydrogen) atoms. The normalized spacial score (nSPS) is 19.2. The van der Waals surface area contributed by atoms with Gasteiger partial charge in [-0.15, -0.1) is 0 Å². The number of carbonyl (C=O) groups excluding carboxylic acids is 3. The van der Waals surface area contributed by atoms with Crippen LogP contribution in [-0.2, 0) is 23.9 Å². The molecule has 9 heteroatoms. The van der Waals surface area contributed by atoms with Gasteiger partial charge in [-0.2, -0.15) is 0 Å². The van der Waals surface area contributed by atoms with E-state index in [9.17, 15) is 19.2 Å². The predicted molar refractivity (Wildman–Crippen MR) is 93.0 cm³/mol. The maximum atomic E-state index is 12.5. The summed E-state index contributed by atoms with van der Waals surface area (Å²) in [5, 5.41) is 13.8. The molecule has 1 aliphatic carbocycles. The lowest BCUT2D eigenvalue weighted by molar-refractivity contribution is -0.152. The summed E-state index contributed by atoms with van der Waals surface area (Å²) in [6.07, 6.45) is 5.05. The second-order valence-electron chi connectivity index (χ2n) is 6.77. The van der Waals surface area contributed by atoms with Gasteiger partial charge in [0, 0.05) is 0 Å². The van der Waals surface area contributed by atoms with E-state index in [0.717, 1.165) is 32.1 Å². The van der Waals surface area contributed by atoms with Crippen LogP contribution in [0.1, 0.15) is 58.3 Å². The van der Waals surface area contributed by atoms with Crippen molar-refractivity contribution in [3.05, 3.63) is 0 Å². The Morgan fingerprint density at radius 2 is 1.62 bits per heavy atom. The van der Waals surface area contributed by atoms with Crippen molar-refractivity contribution < 1.29 is 29.0 Å². The number of aliphatic carboxylic acids is 1. The lowest BCUT2D eigenvalue weighted by Gasteiger charge is -2.34. The van der Waals surface area contributed by atoms with Gasteiger partial charge in [-0.3, -0.25) is 14.4 Å². The Labute approximate surface area is 153 Å². The second-order valence-corrected chi connectivity index (χ2v) is 6.77. The molecule has 0 heterocycles. The highest BCUT2D eigenvalue weighted by atomic mass is 16.5. The second kappa shape index (κ2) is 10.1. The lowest BCUT2D eigenvalue weighted by Crippen LogP contribution is -2.60. The topological polar surface area (TPSA) is 148 Å². The molecular weight excluding hydrogens is 342 g/mol. The van der Waals surface area contributed by atoms with Gasteiger partial charge in [0.25, 0.3) is 0 Å². The average molecular weight is 371 g/mol. The summed E-state index contributed by atoms with van der Waals surface area (Å²) in [5.41, 5.74) is 4.38. The molecule has 0 aliphatic heterocycles. The number of carboxylic acids is 1. The Morgan fingerprint density at radius 3 is 2.12 bits per heavy atom. The van der Waals surface area contributed by atoms with E-state index in [2.05, 4.69) is 10.6 Å². The van der Waals surface area contributed by atoms with Gasteiger partial charge in [-0.25, -0.2) is 4.79 Å². The highest BCUT2D eigenvalue weighted by molar-refractivity contribution is 5.94. The van der Waals surface area contributed by atoms with Crippen LogP contribution < -0.4 is 16.4 Å². The molecule has 0 bridgehead atoms. The van der Waals surface area contributed by atoms with Gasteiger partial charge in [0.05, 0.1) is 19.6 Å². The molecule has 0 unspecified atom stereocenters. The molecule has 0 saturated heterocycles. The molecule has 0 aromatic rings. The minimum atomic E-state index is -1.25. The molecule has 1 rings (SSSR count). The van der Waals surface area contributed by atoms with Crippen molar-refractivity contribution in [2.75, 3.05) is 7.11 Å². The first-order valence-electron chi connectivity index (χ1n) is 8.90. The Hall–Kier alpha value is -2.16. The largest absolute Gasteiger partial charge is 0.481 e. The van der Waals surface area contributed by atoms with Crippen LogP contribution in [0.4, 0.5) is 0 Å². The van der Waals surface area contributed by atoms with Gasteiger partial charge in [-0.1, -0.05) is 32.1 Å². The van der Waals surface area contributed by atoms with Crippen LogP contribution >= 0.6 is 0 Å². The first-order chi connectivity index (χ1) is 12.2. The summed E-state index contributed by atoms with van der Waals surface area (Å²) in [4.78, 5) is 47.4. The number of methoxy groups -OCH3 is 1. The van der Waals surface area contributed by atoms with Crippen molar-refractivity contribution in [3.8, 4) is 0 Å². The first-order valence-corrected chi connectivity index (χ1v) is 8.90. The average Bonchev–Trinajstić information content (AvgIpc) is 2.55. The molecule has 1 saturated carbocycles. The molecule has 0 aromatic carbocycles. The fourth-order valence-electron chi connectivity index (χ4n) is 3.10. The van der Waals surface area contributed by atoms with Gasteiger partial charge in [0.15, 0.2) is 0 Å². The van der Waals surface area contributed by atoms with E-state index in [4.69, 9.17) is 15.6 Å². The van der Waals surface area contributed by atoms with Crippen molar-refractivity contribution in [1.82, 2.24) is 10.6 Å². The molecular formula is C17H29N3O6. The standard InChI is InChI=1S/C17H29N3O6/c1-11(19-15(24)12(18)10-13(21)22)14(23)20-17(16(25)26-2)8-6-4-3-5-7-9-17/h11-12H,3-10,18H2,1-2H3,(H,19,24)(H,20,23)(H,21,22)/t11-,12-/m0/s1. The smallest absolute Gasteiger partial charge is 0.331 e. The molecule has 148 valence electrons. The zero-order valence-corrected chi connectivity index (χ0v) is 15.4. The third kappa shape index (κ3) is 6.29. The minimum Gasteiger partial charge on any atom is -0.481 e. The van der Waals surface area contributed by atoms with E-state index in [1.165, 1.54) is 14.0 Å². The van der Waals surface area contributed by atoms with Gasteiger partial charge >= 0.3 is 11.9 Å². The summed E-state index contributed by atoms with van der Waals surface area (Å²) in [6, 6.07) is -2.21. The van der Waals surface area contributed by atoms with E-state index in [1.807, 2.05) is 0 Å². The summed E-state index contributed by atoms with van der Waals surface area (Å²) < 4.78 is 4.91. The number of nitrogens with two attached hydrogens (primary N) is 1. The maximum absolute atomic E-state index is 12.5.